The Morgan fingerprint density at radius 1 is 0.885 bits per heavy atom. The molecule has 2 aromatic carbocycles. The first-order valence-corrected chi connectivity index (χ1v) is 10.1. The minimum absolute atomic E-state index is 0.223. The lowest BCUT2D eigenvalue weighted by Gasteiger charge is -2.32. The lowest BCUT2D eigenvalue weighted by atomic mass is 9.79. The topological polar surface area (TPSA) is 64.6 Å². The van der Waals surface area contributed by atoms with Gasteiger partial charge in [-0.3, -0.25) is 0 Å². The molecule has 0 bridgehead atoms. The van der Waals surface area contributed by atoms with Crippen molar-refractivity contribution in [3.63, 3.8) is 0 Å². The molecule has 1 N–H and O–H groups in total. The molecule has 0 unspecified atom stereocenters. The summed E-state index contributed by atoms with van der Waals surface area (Å²) < 4.78 is 39.2. The van der Waals surface area contributed by atoms with Gasteiger partial charge in [0.1, 0.15) is 0 Å². The minimum Gasteiger partial charge on any atom is -0.399 e. The molecule has 1 saturated heterocycles. The number of hydrogen-bond donors (Lipinski definition) is 1. The Labute approximate surface area is 155 Å². The highest BCUT2D eigenvalue weighted by Crippen LogP contribution is 2.36. The Balaban J connectivity index is 1.66. The molecule has 1 aliphatic rings. The van der Waals surface area contributed by atoms with Crippen molar-refractivity contribution in [3.8, 4) is 0 Å². The molecule has 0 saturated carbocycles. The zero-order valence-electron chi connectivity index (χ0n) is 15.5. The fourth-order valence-corrected chi connectivity index (χ4v) is 3.67. The average Bonchev–Trinajstić information content (AvgIpc) is 2.82. The number of benzene rings is 2. The van der Waals surface area contributed by atoms with Crippen LogP contribution >= 0.6 is 0 Å². The normalized spacial score (nSPS) is 18.8. The van der Waals surface area contributed by atoms with Crippen LogP contribution in [0.15, 0.2) is 59.5 Å². The molecule has 7 heteroatoms. The number of nitrogens with one attached hydrogen (secondary N) is 1. The van der Waals surface area contributed by atoms with E-state index in [1.54, 1.807) is 30.3 Å². The average molecular weight is 373 g/mol. The van der Waals surface area contributed by atoms with Crippen LogP contribution in [0.2, 0.25) is 0 Å². The van der Waals surface area contributed by atoms with Crippen LogP contribution in [0, 0.1) is 0 Å². The van der Waals surface area contributed by atoms with E-state index in [0.29, 0.717) is 0 Å². The van der Waals surface area contributed by atoms with Crippen molar-refractivity contribution in [2.24, 2.45) is 0 Å². The van der Waals surface area contributed by atoms with Gasteiger partial charge in [-0.1, -0.05) is 42.5 Å². The second-order valence-electron chi connectivity index (χ2n) is 7.47. The largest absolute Gasteiger partial charge is 0.494 e. The molecule has 0 spiro atoms. The van der Waals surface area contributed by atoms with E-state index in [1.807, 2.05) is 52.0 Å². The molecule has 0 radical (unpaired) electrons. The van der Waals surface area contributed by atoms with Gasteiger partial charge in [-0.25, -0.2) is 13.1 Å². The maximum Gasteiger partial charge on any atom is 0.494 e. The summed E-state index contributed by atoms with van der Waals surface area (Å²) in [4.78, 5) is 0.258. The van der Waals surface area contributed by atoms with Gasteiger partial charge in [0.05, 0.1) is 16.1 Å². The van der Waals surface area contributed by atoms with Gasteiger partial charge in [-0.05, 0) is 50.9 Å². The lowest BCUT2D eigenvalue weighted by Crippen LogP contribution is -2.41. The van der Waals surface area contributed by atoms with E-state index >= 15 is 0 Å². The summed E-state index contributed by atoms with van der Waals surface area (Å²) in [5, 5.41) is 0. The van der Waals surface area contributed by atoms with E-state index in [2.05, 4.69) is 4.72 Å². The Morgan fingerprint density at radius 3 is 1.96 bits per heavy atom. The van der Waals surface area contributed by atoms with Crippen LogP contribution in [0.25, 0.3) is 0 Å². The molecule has 0 aromatic heterocycles. The van der Waals surface area contributed by atoms with E-state index in [-0.39, 0.29) is 22.6 Å². The SMILES string of the molecule is CC1(C)OB(c2ccc(CNS(=O)(=O)c3ccccc3)cc2)OC1(C)C. The maximum atomic E-state index is 12.3. The van der Waals surface area contributed by atoms with Crippen LogP contribution in [0.4, 0.5) is 0 Å². The summed E-state index contributed by atoms with van der Waals surface area (Å²) in [5.41, 5.74) is 1.01. The third-order valence-corrected chi connectivity index (χ3v) is 6.44. The molecule has 1 fully saturated rings. The first-order valence-electron chi connectivity index (χ1n) is 8.60. The molecule has 3 rings (SSSR count). The van der Waals surface area contributed by atoms with Crippen LogP contribution in [0.5, 0.6) is 0 Å². The van der Waals surface area contributed by atoms with Crippen LogP contribution in [-0.2, 0) is 25.9 Å². The van der Waals surface area contributed by atoms with E-state index in [1.165, 1.54) is 0 Å². The summed E-state index contributed by atoms with van der Waals surface area (Å²) in [7, 11) is -3.94. The van der Waals surface area contributed by atoms with Gasteiger partial charge >= 0.3 is 7.12 Å². The van der Waals surface area contributed by atoms with E-state index in [0.717, 1.165) is 11.0 Å². The Kier molecular flexibility index (Phi) is 5.01. The van der Waals surface area contributed by atoms with Gasteiger partial charge in [0.25, 0.3) is 0 Å². The van der Waals surface area contributed by atoms with Gasteiger partial charge in [0, 0.05) is 6.54 Å². The molecule has 0 atom stereocenters. The lowest BCUT2D eigenvalue weighted by molar-refractivity contribution is 0.00578. The van der Waals surface area contributed by atoms with Gasteiger partial charge < -0.3 is 9.31 Å². The highest BCUT2D eigenvalue weighted by molar-refractivity contribution is 7.89. The monoisotopic (exact) mass is 373 g/mol. The third kappa shape index (κ3) is 3.86. The van der Waals surface area contributed by atoms with E-state index in [9.17, 15) is 8.42 Å². The quantitative estimate of drug-likeness (QED) is 0.818. The van der Waals surface area contributed by atoms with Crippen LogP contribution in [-0.4, -0.2) is 26.7 Å². The second kappa shape index (κ2) is 6.81. The van der Waals surface area contributed by atoms with Crippen molar-refractivity contribution >= 4 is 22.6 Å². The first-order chi connectivity index (χ1) is 12.1. The summed E-state index contributed by atoms with van der Waals surface area (Å²) >= 11 is 0. The Bertz CT molecular complexity index is 848. The molecule has 2 aromatic rings. The van der Waals surface area contributed by atoms with E-state index < -0.39 is 17.1 Å². The van der Waals surface area contributed by atoms with Crippen molar-refractivity contribution in [2.45, 2.75) is 50.3 Å². The number of hydrogen-bond acceptors (Lipinski definition) is 4. The predicted octanol–water partition coefficient (Wildman–Crippen LogP) is 2.46. The van der Waals surface area contributed by atoms with Crippen molar-refractivity contribution in [2.75, 3.05) is 0 Å². The fourth-order valence-electron chi connectivity index (χ4n) is 2.63. The van der Waals surface area contributed by atoms with Gasteiger partial charge in [-0.15, -0.1) is 0 Å². The molecule has 0 aliphatic carbocycles. The molecular weight excluding hydrogens is 349 g/mol. The first kappa shape index (κ1) is 19.1. The molecule has 5 nitrogen and oxygen atoms in total. The number of sulfonamides is 1. The maximum absolute atomic E-state index is 12.3. The smallest absolute Gasteiger partial charge is 0.399 e. The number of rotatable bonds is 5. The zero-order valence-corrected chi connectivity index (χ0v) is 16.3. The molecular formula is C19H24BNO4S. The van der Waals surface area contributed by atoms with Crippen LogP contribution < -0.4 is 10.2 Å². The highest BCUT2D eigenvalue weighted by atomic mass is 32.2. The standard InChI is InChI=1S/C19H24BNO4S/c1-18(2)19(3,4)25-20(24-18)16-12-10-15(11-13-16)14-21-26(22,23)17-8-6-5-7-9-17/h5-13,21H,14H2,1-4H3. The van der Waals surface area contributed by atoms with Crippen molar-refractivity contribution in [1.29, 1.82) is 0 Å². The minimum atomic E-state index is -3.51. The molecule has 1 heterocycles. The van der Waals surface area contributed by atoms with Crippen LogP contribution in [0.1, 0.15) is 33.3 Å². The molecule has 0 amide bonds. The summed E-state index contributed by atoms with van der Waals surface area (Å²) in [6.07, 6.45) is 0. The third-order valence-electron chi connectivity index (χ3n) is 5.02. The second-order valence-corrected chi connectivity index (χ2v) is 9.23. The van der Waals surface area contributed by atoms with E-state index in [4.69, 9.17) is 9.31 Å². The van der Waals surface area contributed by atoms with Crippen molar-refractivity contribution < 1.29 is 17.7 Å². The fraction of sp³-hybridized carbons (Fsp3) is 0.368. The highest BCUT2D eigenvalue weighted by Gasteiger charge is 2.51. The molecule has 26 heavy (non-hydrogen) atoms. The Hall–Kier alpha value is -1.67. The van der Waals surface area contributed by atoms with Gasteiger partial charge in [-0.2, -0.15) is 0 Å². The summed E-state index contributed by atoms with van der Waals surface area (Å²) in [6.45, 7) is 8.28. The molecule has 138 valence electrons. The van der Waals surface area contributed by atoms with Crippen LogP contribution in [0.3, 0.4) is 0 Å². The Morgan fingerprint density at radius 2 is 1.42 bits per heavy atom. The van der Waals surface area contributed by atoms with Gasteiger partial charge in [0.15, 0.2) is 0 Å². The zero-order chi connectivity index (χ0) is 19.0. The molecule has 1 aliphatic heterocycles. The van der Waals surface area contributed by atoms with Crippen molar-refractivity contribution in [1.82, 2.24) is 4.72 Å². The van der Waals surface area contributed by atoms with Crippen molar-refractivity contribution in [3.05, 3.63) is 60.2 Å². The van der Waals surface area contributed by atoms with Gasteiger partial charge in [0.2, 0.25) is 10.0 Å². The predicted molar refractivity (Wildman–Crippen MR) is 103 cm³/mol. The summed E-state index contributed by atoms with van der Waals surface area (Å²) in [6, 6.07) is 15.9. The summed E-state index contributed by atoms with van der Waals surface area (Å²) in [5.74, 6) is 0.